The van der Waals surface area contributed by atoms with Crippen molar-refractivity contribution in [3.05, 3.63) is 59.7 Å². The van der Waals surface area contributed by atoms with Gasteiger partial charge in [-0.05, 0) is 30.5 Å². The van der Waals surface area contributed by atoms with E-state index in [0.717, 1.165) is 37.0 Å². The van der Waals surface area contributed by atoms with Crippen molar-refractivity contribution in [3.63, 3.8) is 0 Å². The molecule has 0 saturated heterocycles. The summed E-state index contributed by atoms with van der Waals surface area (Å²) in [7, 11) is 0. The van der Waals surface area contributed by atoms with Gasteiger partial charge in [-0.2, -0.15) is 5.10 Å². The lowest BCUT2D eigenvalue weighted by molar-refractivity contribution is 0.0951. The van der Waals surface area contributed by atoms with Crippen LogP contribution in [0.2, 0.25) is 0 Å². The molecule has 0 saturated carbocycles. The zero-order valence-electron chi connectivity index (χ0n) is 18.9. The Bertz CT molecular complexity index is 790. The fraction of sp³-hybridized carbons (Fsp3) is 0.462. The maximum atomic E-state index is 12.7. The molecule has 5 nitrogen and oxygen atoms in total. The van der Waals surface area contributed by atoms with E-state index in [9.17, 15) is 4.79 Å². The number of hydrazone groups is 1. The summed E-state index contributed by atoms with van der Waals surface area (Å²) in [6, 6.07) is 15.0. The van der Waals surface area contributed by atoms with Crippen molar-refractivity contribution in [1.29, 1.82) is 0 Å². The monoisotopic (exact) mass is 424 g/mol. The molecule has 0 heterocycles. The van der Waals surface area contributed by atoms with Crippen LogP contribution in [0.3, 0.4) is 0 Å². The largest absolute Gasteiger partial charge is 0.493 e. The molecule has 0 aliphatic heterocycles. The summed E-state index contributed by atoms with van der Waals surface area (Å²) in [5, 5.41) is 4.07. The molecule has 5 heteroatoms. The number of nitrogens with zero attached hydrogens (tertiary/aromatic N) is 1. The Morgan fingerprint density at radius 3 is 2.23 bits per heavy atom. The Balaban J connectivity index is 2.00. The first-order valence-corrected chi connectivity index (χ1v) is 11.5. The van der Waals surface area contributed by atoms with Gasteiger partial charge in [0.15, 0.2) is 0 Å². The maximum Gasteiger partial charge on any atom is 0.275 e. The van der Waals surface area contributed by atoms with Gasteiger partial charge in [-0.3, -0.25) is 4.79 Å². The van der Waals surface area contributed by atoms with Gasteiger partial charge in [0, 0.05) is 6.07 Å². The van der Waals surface area contributed by atoms with E-state index in [1.807, 2.05) is 42.5 Å². The minimum Gasteiger partial charge on any atom is -0.493 e. The second-order valence-electron chi connectivity index (χ2n) is 7.59. The number of hydrogen-bond acceptors (Lipinski definition) is 4. The third kappa shape index (κ3) is 9.69. The minimum atomic E-state index is -0.301. The van der Waals surface area contributed by atoms with Gasteiger partial charge in [-0.25, -0.2) is 5.43 Å². The van der Waals surface area contributed by atoms with Crippen LogP contribution < -0.4 is 14.9 Å². The molecule has 0 aliphatic rings. The van der Waals surface area contributed by atoms with Gasteiger partial charge in [0.05, 0.1) is 25.0 Å². The topological polar surface area (TPSA) is 59.9 Å². The number of nitrogens with one attached hydrogen (secondary N) is 1. The summed E-state index contributed by atoms with van der Waals surface area (Å²) in [5.41, 5.74) is 3.97. The average Bonchev–Trinajstić information content (AvgIpc) is 2.79. The van der Waals surface area contributed by atoms with Crippen LogP contribution in [-0.2, 0) is 0 Å². The van der Waals surface area contributed by atoms with Crippen LogP contribution in [0.1, 0.15) is 81.1 Å². The number of amides is 1. The lowest BCUT2D eigenvalue weighted by Gasteiger charge is -2.13. The number of carbonyl (C=O) groups excluding carboxylic acids is 1. The van der Waals surface area contributed by atoms with E-state index in [4.69, 9.17) is 9.47 Å². The molecule has 1 N–H and O–H groups in total. The lowest BCUT2D eigenvalue weighted by atomic mass is 10.1. The van der Waals surface area contributed by atoms with Gasteiger partial charge >= 0.3 is 0 Å². The lowest BCUT2D eigenvalue weighted by Crippen LogP contribution is -2.19. The number of rotatable bonds is 15. The van der Waals surface area contributed by atoms with Crippen LogP contribution in [0.5, 0.6) is 11.5 Å². The van der Waals surface area contributed by atoms with Crippen molar-refractivity contribution in [3.8, 4) is 11.5 Å². The molecular formula is C26H36N2O3. The third-order valence-electron chi connectivity index (χ3n) is 4.90. The predicted octanol–water partition coefficient (Wildman–Crippen LogP) is 6.37. The Kier molecular flexibility index (Phi) is 11.9. The summed E-state index contributed by atoms with van der Waals surface area (Å²) in [5.74, 6) is 0.963. The van der Waals surface area contributed by atoms with E-state index in [1.165, 1.54) is 25.7 Å². The standard InChI is InChI=1S/C26H36N2O3/c1-3-5-7-12-18-30-23-16-17-24(25(20-23)31-19-13-8-6-4-2)26(29)28-27-21-22-14-10-9-11-15-22/h9-11,14-17,20-21H,3-8,12-13,18-19H2,1-2H3,(H,28,29). The SMILES string of the molecule is CCCCCCOc1ccc(C(=O)NN=Cc2ccccc2)c(OCCCCCC)c1. The Hall–Kier alpha value is -2.82. The maximum absolute atomic E-state index is 12.7. The van der Waals surface area contributed by atoms with Gasteiger partial charge in [0.1, 0.15) is 11.5 Å². The summed E-state index contributed by atoms with van der Waals surface area (Å²) < 4.78 is 11.8. The molecule has 1 amide bonds. The average molecular weight is 425 g/mol. The van der Waals surface area contributed by atoms with Gasteiger partial charge in [0.2, 0.25) is 0 Å². The number of benzene rings is 2. The molecule has 0 aliphatic carbocycles. The molecule has 31 heavy (non-hydrogen) atoms. The van der Waals surface area contributed by atoms with Crippen LogP contribution >= 0.6 is 0 Å². The van der Waals surface area contributed by atoms with Crippen molar-refractivity contribution in [2.75, 3.05) is 13.2 Å². The number of carbonyl (C=O) groups is 1. The highest BCUT2D eigenvalue weighted by molar-refractivity contribution is 5.97. The summed E-state index contributed by atoms with van der Waals surface area (Å²) in [4.78, 5) is 12.7. The quantitative estimate of drug-likeness (QED) is 0.205. The van der Waals surface area contributed by atoms with E-state index in [2.05, 4.69) is 24.4 Å². The molecule has 0 aromatic heterocycles. The Labute approximate surface area is 186 Å². The highest BCUT2D eigenvalue weighted by Gasteiger charge is 2.14. The summed E-state index contributed by atoms with van der Waals surface area (Å²) in [6.45, 7) is 5.62. The van der Waals surface area contributed by atoms with Crippen molar-refractivity contribution in [2.24, 2.45) is 5.10 Å². The van der Waals surface area contributed by atoms with Crippen LogP contribution in [0.25, 0.3) is 0 Å². The van der Waals surface area contributed by atoms with Crippen molar-refractivity contribution in [2.45, 2.75) is 65.2 Å². The molecule has 0 atom stereocenters. The number of hydrogen-bond donors (Lipinski definition) is 1. The molecule has 168 valence electrons. The summed E-state index contributed by atoms with van der Waals surface area (Å²) >= 11 is 0. The van der Waals surface area contributed by atoms with Crippen LogP contribution in [-0.4, -0.2) is 25.3 Å². The Morgan fingerprint density at radius 1 is 0.871 bits per heavy atom. The van der Waals surface area contributed by atoms with E-state index in [0.29, 0.717) is 24.5 Å². The normalized spacial score (nSPS) is 10.9. The molecule has 0 unspecified atom stereocenters. The van der Waals surface area contributed by atoms with Crippen molar-refractivity contribution >= 4 is 12.1 Å². The van der Waals surface area contributed by atoms with Gasteiger partial charge in [0.25, 0.3) is 5.91 Å². The van der Waals surface area contributed by atoms with Gasteiger partial charge in [-0.15, -0.1) is 0 Å². The predicted molar refractivity (Wildman–Crippen MR) is 127 cm³/mol. The van der Waals surface area contributed by atoms with Crippen LogP contribution in [0, 0.1) is 0 Å². The molecule has 0 bridgehead atoms. The second kappa shape index (κ2) is 15.1. The molecule has 0 radical (unpaired) electrons. The first kappa shape index (κ1) is 24.4. The molecule has 0 spiro atoms. The van der Waals surface area contributed by atoms with Crippen molar-refractivity contribution < 1.29 is 14.3 Å². The van der Waals surface area contributed by atoms with E-state index in [-0.39, 0.29) is 5.91 Å². The molecule has 2 aromatic rings. The second-order valence-corrected chi connectivity index (χ2v) is 7.59. The van der Waals surface area contributed by atoms with Crippen molar-refractivity contribution in [1.82, 2.24) is 5.43 Å². The molecular weight excluding hydrogens is 388 g/mol. The fourth-order valence-electron chi connectivity index (χ4n) is 3.09. The van der Waals surface area contributed by atoms with Gasteiger partial charge < -0.3 is 9.47 Å². The summed E-state index contributed by atoms with van der Waals surface area (Å²) in [6.07, 6.45) is 10.7. The van der Waals surface area contributed by atoms with E-state index < -0.39 is 0 Å². The molecule has 2 aromatic carbocycles. The first-order chi connectivity index (χ1) is 15.2. The van der Waals surface area contributed by atoms with E-state index in [1.54, 1.807) is 12.3 Å². The van der Waals surface area contributed by atoms with Gasteiger partial charge in [-0.1, -0.05) is 82.7 Å². The first-order valence-electron chi connectivity index (χ1n) is 11.5. The van der Waals surface area contributed by atoms with E-state index >= 15 is 0 Å². The van der Waals surface area contributed by atoms with Crippen LogP contribution in [0.4, 0.5) is 0 Å². The number of unbranched alkanes of at least 4 members (excludes halogenated alkanes) is 6. The zero-order chi connectivity index (χ0) is 22.2. The third-order valence-corrected chi connectivity index (χ3v) is 4.90. The zero-order valence-corrected chi connectivity index (χ0v) is 18.9. The fourth-order valence-corrected chi connectivity index (χ4v) is 3.09. The smallest absolute Gasteiger partial charge is 0.275 e. The highest BCUT2D eigenvalue weighted by Crippen LogP contribution is 2.26. The van der Waals surface area contributed by atoms with Crippen LogP contribution in [0.15, 0.2) is 53.6 Å². The Morgan fingerprint density at radius 2 is 1.55 bits per heavy atom. The minimum absolute atomic E-state index is 0.301. The molecule has 2 rings (SSSR count). The highest BCUT2D eigenvalue weighted by atomic mass is 16.5. The molecule has 0 fully saturated rings. The number of ether oxygens (including phenoxy) is 2.